The average molecular weight is 268 g/mol. The van der Waals surface area contributed by atoms with E-state index in [4.69, 9.17) is 4.42 Å². The molecule has 1 unspecified atom stereocenters. The lowest BCUT2D eigenvalue weighted by Crippen LogP contribution is -2.27. The maximum absolute atomic E-state index is 11.9. The fourth-order valence-electron chi connectivity index (χ4n) is 1.87. The van der Waals surface area contributed by atoms with E-state index in [2.05, 4.69) is 25.2 Å². The number of nitriles is 1. The van der Waals surface area contributed by atoms with Gasteiger partial charge in [-0.15, -0.1) is 0 Å². The van der Waals surface area contributed by atoms with E-state index in [9.17, 15) is 10.1 Å². The minimum atomic E-state index is -0.686. The Morgan fingerprint density at radius 3 is 2.35 bits per heavy atom. The molecule has 1 aromatic heterocycles. The van der Waals surface area contributed by atoms with Gasteiger partial charge in [-0.1, -0.05) is 38.1 Å². The number of carbonyl (C=O) groups excluding carboxylic acids is 1. The summed E-state index contributed by atoms with van der Waals surface area (Å²) < 4.78 is 5.01. The number of hydrogen-bond acceptors (Lipinski definition) is 3. The van der Waals surface area contributed by atoms with Gasteiger partial charge in [-0.05, 0) is 29.2 Å². The Hall–Kier alpha value is -2.54. The molecule has 0 aliphatic carbocycles. The number of furan rings is 1. The Morgan fingerprint density at radius 2 is 1.85 bits per heavy atom. The standard InChI is InChI=1S/C16H16N2O2/c1-11(2)12-5-7-13(8-6-12)14(10-17)18-16(19)15-4-3-9-20-15/h3-9,11,14H,1-2H3,(H,18,19). The van der Waals surface area contributed by atoms with Gasteiger partial charge < -0.3 is 9.73 Å². The molecular formula is C16H16N2O2. The monoisotopic (exact) mass is 268 g/mol. The van der Waals surface area contributed by atoms with Crippen LogP contribution in [0.1, 0.15) is 47.5 Å². The third kappa shape index (κ3) is 3.07. The van der Waals surface area contributed by atoms with Crippen LogP contribution in [-0.2, 0) is 0 Å². The van der Waals surface area contributed by atoms with Crippen LogP contribution >= 0.6 is 0 Å². The predicted octanol–water partition coefficient (Wildman–Crippen LogP) is 3.40. The molecule has 0 saturated heterocycles. The van der Waals surface area contributed by atoms with E-state index in [0.29, 0.717) is 5.92 Å². The fraction of sp³-hybridized carbons (Fsp3) is 0.250. The van der Waals surface area contributed by atoms with Crippen molar-refractivity contribution in [3.05, 3.63) is 59.5 Å². The van der Waals surface area contributed by atoms with E-state index < -0.39 is 11.9 Å². The van der Waals surface area contributed by atoms with Crippen LogP contribution in [0.5, 0.6) is 0 Å². The summed E-state index contributed by atoms with van der Waals surface area (Å²) >= 11 is 0. The quantitative estimate of drug-likeness (QED) is 0.924. The van der Waals surface area contributed by atoms with Gasteiger partial charge in [-0.2, -0.15) is 5.26 Å². The van der Waals surface area contributed by atoms with Gasteiger partial charge in [0.15, 0.2) is 5.76 Å². The zero-order valence-corrected chi connectivity index (χ0v) is 11.5. The summed E-state index contributed by atoms with van der Waals surface area (Å²) in [5, 5.41) is 11.8. The summed E-state index contributed by atoms with van der Waals surface area (Å²) in [6.45, 7) is 4.21. The average Bonchev–Trinajstić information content (AvgIpc) is 2.99. The number of nitrogens with one attached hydrogen (secondary N) is 1. The Kier molecular flexibility index (Phi) is 4.21. The van der Waals surface area contributed by atoms with E-state index in [1.807, 2.05) is 24.3 Å². The molecule has 0 saturated carbocycles. The van der Waals surface area contributed by atoms with Crippen LogP contribution in [0.2, 0.25) is 0 Å². The van der Waals surface area contributed by atoms with Gasteiger partial charge in [0.05, 0.1) is 12.3 Å². The number of amides is 1. The Bertz CT molecular complexity index is 607. The molecule has 1 amide bonds. The van der Waals surface area contributed by atoms with Gasteiger partial charge in [0.1, 0.15) is 6.04 Å². The van der Waals surface area contributed by atoms with Crippen LogP contribution < -0.4 is 5.32 Å². The van der Waals surface area contributed by atoms with Gasteiger partial charge in [0.25, 0.3) is 5.91 Å². The van der Waals surface area contributed by atoms with Gasteiger partial charge >= 0.3 is 0 Å². The largest absolute Gasteiger partial charge is 0.459 e. The first-order valence-corrected chi connectivity index (χ1v) is 6.45. The second-order valence-corrected chi connectivity index (χ2v) is 4.83. The zero-order chi connectivity index (χ0) is 14.5. The summed E-state index contributed by atoms with van der Waals surface area (Å²) in [5.74, 6) is 0.237. The van der Waals surface area contributed by atoms with Crippen LogP contribution in [0.15, 0.2) is 47.1 Å². The Balaban J connectivity index is 2.12. The molecule has 1 atom stereocenters. The minimum Gasteiger partial charge on any atom is -0.459 e. The van der Waals surface area contributed by atoms with Crippen molar-refractivity contribution >= 4 is 5.91 Å². The topological polar surface area (TPSA) is 66.0 Å². The highest BCUT2D eigenvalue weighted by molar-refractivity contribution is 5.91. The first-order chi connectivity index (χ1) is 9.61. The van der Waals surface area contributed by atoms with Crippen LogP contribution in [0.3, 0.4) is 0 Å². The molecule has 102 valence electrons. The number of nitrogens with zero attached hydrogens (tertiary/aromatic N) is 1. The van der Waals surface area contributed by atoms with Crippen molar-refractivity contribution in [3.8, 4) is 6.07 Å². The summed E-state index contributed by atoms with van der Waals surface area (Å²) in [6.07, 6.45) is 1.42. The molecule has 0 aliphatic heterocycles. The third-order valence-corrected chi connectivity index (χ3v) is 3.09. The molecule has 1 aromatic carbocycles. The molecule has 0 radical (unpaired) electrons. The van der Waals surface area contributed by atoms with E-state index in [-0.39, 0.29) is 5.76 Å². The Labute approximate surface area is 118 Å². The smallest absolute Gasteiger partial charge is 0.288 e. The first kappa shape index (κ1) is 13.9. The molecular weight excluding hydrogens is 252 g/mol. The maximum Gasteiger partial charge on any atom is 0.288 e. The lowest BCUT2D eigenvalue weighted by atomic mass is 9.99. The Morgan fingerprint density at radius 1 is 1.20 bits per heavy atom. The van der Waals surface area contributed by atoms with Crippen molar-refractivity contribution in [2.75, 3.05) is 0 Å². The molecule has 4 heteroatoms. The van der Waals surface area contributed by atoms with Gasteiger partial charge in [0.2, 0.25) is 0 Å². The van der Waals surface area contributed by atoms with Crippen molar-refractivity contribution in [3.63, 3.8) is 0 Å². The molecule has 1 N–H and O–H groups in total. The second kappa shape index (κ2) is 6.07. The highest BCUT2D eigenvalue weighted by Gasteiger charge is 2.16. The van der Waals surface area contributed by atoms with E-state index in [0.717, 1.165) is 5.56 Å². The molecule has 20 heavy (non-hydrogen) atoms. The summed E-state index contributed by atoms with van der Waals surface area (Å²) in [6, 6.07) is 12.3. The van der Waals surface area contributed by atoms with Gasteiger partial charge in [-0.25, -0.2) is 0 Å². The van der Waals surface area contributed by atoms with E-state index in [1.54, 1.807) is 12.1 Å². The lowest BCUT2D eigenvalue weighted by molar-refractivity contribution is 0.0917. The maximum atomic E-state index is 11.9. The van der Waals surface area contributed by atoms with E-state index in [1.165, 1.54) is 11.8 Å². The fourth-order valence-corrected chi connectivity index (χ4v) is 1.87. The van der Waals surface area contributed by atoms with Crippen LogP contribution in [0, 0.1) is 11.3 Å². The third-order valence-electron chi connectivity index (χ3n) is 3.09. The van der Waals surface area contributed by atoms with Crippen molar-refractivity contribution in [2.24, 2.45) is 0 Å². The number of carbonyl (C=O) groups is 1. The molecule has 4 nitrogen and oxygen atoms in total. The van der Waals surface area contributed by atoms with Crippen LogP contribution in [0.4, 0.5) is 0 Å². The van der Waals surface area contributed by atoms with Crippen molar-refractivity contribution in [1.29, 1.82) is 5.26 Å². The van der Waals surface area contributed by atoms with Crippen LogP contribution in [0.25, 0.3) is 0 Å². The molecule has 2 aromatic rings. The summed E-state index contributed by atoms with van der Waals surface area (Å²) in [4.78, 5) is 11.9. The predicted molar refractivity (Wildman–Crippen MR) is 75.1 cm³/mol. The van der Waals surface area contributed by atoms with E-state index >= 15 is 0 Å². The number of hydrogen-bond donors (Lipinski definition) is 1. The number of rotatable bonds is 4. The summed E-state index contributed by atoms with van der Waals surface area (Å²) in [5.41, 5.74) is 1.96. The molecule has 0 spiro atoms. The second-order valence-electron chi connectivity index (χ2n) is 4.83. The van der Waals surface area contributed by atoms with Gasteiger partial charge in [0, 0.05) is 0 Å². The minimum absolute atomic E-state index is 0.198. The van der Waals surface area contributed by atoms with Crippen molar-refractivity contribution < 1.29 is 9.21 Å². The number of benzene rings is 1. The zero-order valence-electron chi connectivity index (χ0n) is 11.5. The SMILES string of the molecule is CC(C)c1ccc(C(C#N)NC(=O)c2ccco2)cc1. The molecule has 0 fully saturated rings. The highest BCUT2D eigenvalue weighted by Crippen LogP contribution is 2.19. The van der Waals surface area contributed by atoms with Crippen LogP contribution in [-0.4, -0.2) is 5.91 Å². The first-order valence-electron chi connectivity index (χ1n) is 6.45. The molecule has 2 rings (SSSR count). The van der Waals surface area contributed by atoms with Gasteiger partial charge in [-0.3, -0.25) is 4.79 Å². The van der Waals surface area contributed by atoms with Crippen molar-refractivity contribution in [1.82, 2.24) is 5.32 Å². The molecule has 1 heterocycles. The molecule has 0 aliphatic rings. The summed E-state index contributed by atoms with van der Waals surface area (Å²) in [7, 11) is 0. The van der Waals surface area contributed by atoms with Crippen molar-refractivity contribution in [2.45, 2.75) is 25.8 Å². The highest BCUT2D eigenvalue weighted by atomic mass is 16.3. The lowest BCUT2D eigenvalue weighted by Gasteiger charge is -2.12. The molecule has 0 bridgehead atoms. The normalized spacial score (nSPS) is 11.9.